The summed E-state index contributed by atoms with van der Waals surface area (Å²) >= 11 is 5.91. The molecule has 1 unspecified atom stereocenters. The van der Waals surface area contributed by atoms with Crippen molar-refractivity contribution in [3.63, 3.8) is 0 Å². The van der Waals surface area contributed by atoms with Gasteiger partial charge in [0.1, 0.15) is 11.9 Å². The number of carbonyl (C=O) groups is 1. The molecule has 0 saturated carbocycles. The molecule has 0 spiro atoms. The van der Waals surface area contributed by atoms with Crippen molar-refractivity contribution in [2.45, 2.75) is 25.9 Å². The Kier molecular flexibility index (Phi) is 5.45. The maximum Gasteiger partial charge on any atom is 0.166 e. The third kappa shape index (κ3) is 3.72. The number of benzene rings is 1. The average Bonchev–Trinajstić information content (AvgIpc) is 2.31. The van der Waals surface area contributed by atoms with Crippen molar-refractivity contribution >= 4 is 17.4 Å². The molecular weight excluding hydrogens is 240 g/mol. The molecule has 0 radical (unpaired) electrons. The Hall–Kier alpha value is -1.06. The molecule has 0 amide bonds. The van der Waals surface area contributed by atoms with Crippen LogP contribution < -0.4 is 4.74 Å². The third-order valence-electron chi connectivity index (χ3n) is 2.62. The highest BCUT2D eigenvalue weighted by atomic mass is 35.5. The molecule has 0 aliphatic carbocycles. The molecule has 1 rings (SSSR count). The fraction of sp³-hybridized carbons (Fsp3) is 0.462. The van der Waals surface area contributed by atoms with Crippen molar-refractivity contribution in [3.05, 3.63) is 28.8 Å². The first-order valence-corrected chi connectivity index (χ1v) is 5.88. The van der Waals surface area contributed by atoms with Crippen LogP contribution in [-0.2, 0) is 16.0 Å². The summed E-state index contributed by atoms with van der Waals surface area (Å²) in [6.45, 7) is 1.92. The van der Waals surface area contributed by atoms with Gasteiger partial charge in [0, 0.05) is 24.1 Å². The van der Waals surface area contributed by atoms with E-state index in [0.29, 0.717) is 17.2 Å². The van der Waals surface area contributed by atoms with Crippen LogP contribution in [0.3, 0.4) is 0 Å². The quantitative estimate of drug-likeness (QED) is 0.785. The van der Waals surface area contributed by atoms with Crippen molar-refractivity contribution in [1.82, 2.24) is 0 Å². The number of rotatable bonds is 6. The van der Waals surface area contributed by atoms with Gasteiger partial charge in [-0.3, -0.25) is 4.79 Å². The predicted octanol–water partition coefficient (Wildman–Crippen LogP) is 2.89. The number of hydrogen-bond donors (Lipinski definition) is 0. The summed E-state index contributed by atoms with van der Waals surface area (Å²) in [5.74, 6) is 0.712. The molecule has 0 N–H and O–H groups in total. The van der Waals surface area contributed by atoms with Gasteiger partial charge in [-0.2, -0.15) is 0 Å². The molecular formula is C13H17ClO3. The summed E-state index contributed by atoms with van der Waals surface area (Å²) in [5.41, 5.74) is 0.792. The maximum atomic E-state index is 11.9. The van der Waals surface area contributed by atoms with Crippen LogP contribution in [0.25, 0.3) is 0 Å². The molecule has 0 aliphatic rings. The summed E-state index contributed by atoms with van der Waals surface area (Å²) in [6.07, 6.45) is 0.576. The zero-order valence-corrected chi connectivity index (χ0v) is 11.1. The zero-order chi connectivity index (χ0) is 12.8. The summed E-state index contributed by atoms with van der Waals surface area (Å²) in [5, 5.41) is 0.596. The molecule has 1 atom stereocenters. The Balaban J connectivity index is 2.86. The van der Waals surface area contributed by atoms with Gasteiger partial charge in [-0.05, 0) is 24.6 Å². The zero-order valence-electron chi connectivity index (χ0n) is 10.3. The van der Waals surface area contributed by atoms with E-state index < -0.39 is 0 Å². The van der Waals surface area contributed by atoms with Gasteiger partial charge in [-0.25, -0.2) is 0 Å². The monoisotopic (exact) mass is 256 g/mol. The molecule has 3 nitrogen and oxygen atoms in total. The SMILES string of the molecule is CCC(OC)C(=O)Cc1cc(Cl)ccc1OC. The van der Waals surface area contributed by atoms with Crippen molar-refractivity contribution in [2.24, 2.45) is 0 Å². The van der Waals surface area contributed by atoms with E-state index in [2.05, 4.69) is 0 Å². The number of methoxy groups -OCH3 is 2. The number of ketones is 1. The second-order valence-electron chi connectivity index (χ2n) is 3.73. The molecule has 0 aliphatic heterocycles. The average molecular weight is 257 g/mol. The molecule has 17 heavy (non-hydrogen) atoms. The van der Waals surface area contributed by atoms with Crippen LogP contribution in [0, 0.1) is 0 Å². The number of halogens is 1. The lowest BCUT2D eigenvalue weighted by Gasteiger charge is -2.13. The second kappa shape index (κ2) is 6.62. The smallest absolute Gasteiger partial charge is 0.166 e. The van der Waals surface area contributed by atoms with Crippen LogP contribution in [0.5, 0.6) is 5.75 Å². The first-order chi connectivity index (χ1) is 8.12. The van der Waals surface area contributed by atoms with E-state index >= 15 is 0 Å². The molecule has 1 aromatic rings. The van der Waals surface area contributed by atoms with E-state index in [-0.39, 0.29) is 18.3 Å². The van der Waals surface area contributed by atoms with Crippen LogP contribution in [0.15, 0.2) is 18.2 Å². The largest absolute Gasteiger partial charge is 0.496 e. The molecule has 0 saturated heterocycles. The molecule has 4 heteroatoms. The molecule has 0 fully saturated rings. The Morgan fingerprint density at radius 1 is 1.41 bits per heavy atom. The molecule has 94 valence electrons. The summed E-state index contributed by atoms with van der Waals surface area (Å²) < 4.78 is 10.3. The minimum absolute atomic E-state index is 0.0376. The molecule has 0 bridgehead atoms. The normalized spacial score (nSPS) is 12.2. The number of carbonyl (C=O) groups excluding carboxylic acids is 1. The standard InChI is InChI=1S/C13H17ClO3/c1-4-12(16-2)11(15)8-9-7-10(14)5-6-13(9)17-3/h5-7,12H,4,8H2,1-3H3. The van der Waals surface area contributed by atoms with E-state index in [4.69, 9.17) is 21.1 Å². The van der Waals surface area contributed by atoms with Crippen LogP contribution in [0.1, 0.15) is 18.9 Å². The van der Waals surface area contributed by atoms with Crippen LogP contribution >= 0.6 is 11.6 Å². The van der Waals surface area contributed by atoms with Gasteiger partial charge >= 0.3 is 0 Å². The lowest BCUT2D eigenvalue weighted by atomic mass is 10.0. The van der Waals surface area contributed by atoms with Gasteiger partial charge in [0.2, 0.25) is 0 Å². The molecule has 0 heterocycles. The first-order valence-electron chi connectivity index (χ1n) is 5.50. The van der Waals surface area contributed by atoms with Gasteiger partial charge in [0.15, 0.2) is 5.78 Å². The van der Waals surface area contributed by atoms with Crippen LogP contribution in [0.4, 0.5) is 0 Å². The lowest BCUT2D eigenvalue weighted by molar-refractivity contribution is -0.128. The van der Waals surface area contributed by atoms with Gasteiger partial charge in [-0.15, -0.1) is 0 Å². The Morgan fingerprint density at radius 3 is 2.65 bits per heavy atom. The van der Waals surface area contributed by atoms with Crippen LogP contribution in [-0.4, -0.2) is 26.1 Å². The highest BCUT2D eigenvalue weighted by molar-refractivity contribution is 6.30. The number of ether oxygens (including phenoxy) is 2. The Morgan fingerprint density at radius 2 is 2.12 bits per heavy atom. The third-order valence-corrected chi connectivity index (χ3v) is 2.86. The second-order valence-corrected chi connectivity index (χ2v) is 4.17. The van der Waals surface area contributed by atoms with E-state index in [9.17, 15) is 4.79 Å². The summed E-state index contributed by atoms with van der Waals surface area (Å²) in [7, 11) is 3.12. The van der Waals surface area contributed by atoms with Gasteiger partial charge < -0.3 is 9.47 Å². The summed E-state index contributed by atoms with van der Waals surface area (Å²) in [6, 6.07) is 5.25. The van der Waals surface area contributed by atoms with Gasteiger partial charge in [0.25, 0.3) is 0 Å². The van der Waals surface area contributed by atoms with Crippen LogP contribution in [0.2, 0.25) is 5.02 Å². The van der Waals surface area contributed by atoms with E-state index in [0.717, 1.165) is 5.56 Å². The lowest BCUT2D eigenvalue weighted by Crippen LogP contribution is -2.24. The number of hydrogen-bond acceptors (Lipinski definition) is 3. The highest BCUT2D eigenvalue weighted by Crippen LogP contribution is 2.23. The van der Waals surface area contributed by atoms with Crippen molar-refractivity contribution < 1.29 is 14.3 Å². The maximum absolute atomic E-state index is 11.9. The predicted molar refractivity (Wildman–Crippen MR) is 67.8 cm³/mol. The van der Waals surface area contributed by atoms with Gasteiger partial charge in [-0.1, -0.05) is 18.5 Å². The molecule has 0 aromatic heterocycles. The molecule has 1 aromatic carbocycles. The number of Topliss-reactive ketones (excluding diaryl/α,β-unsaturated/α-hetero) is 1. The van der Waals surface area contributed by atoms with Crippen molar-refractivity contribution in [3.8, 4) is 5.75 Å². The Bertz CT molecular complexity index is 386. The fourth-order valence-electron chi connectivity index (χ4n) is 1.71. The van der Waals surface area contributed by atoms with Crippen molar-refractivity contribution in [1.29, 1.82) is 0 Å². The van der Waals surface area contributed by atoms with Crippen molar-refractivity contribution in [2.75, 3.05) is 14.2 Å². The first kappa shape index (κ1) is 14.0. The van der Waals surface area contributed by atoms with E-state index in [1.54, 1.807) is 32.4 Å². The minimum atomic E-state index is -0.362. The van der Waals surface area contributed by atoms with E-state index in [1.165, 1.54) is 0 Å². The topological polar surface area (TPSA) is 35.5 Å². The van der Waals surface area contributed by atoms with Gasteiger partial charge in [0.05, 0.1) is 7.11 Å². The Labute approximate surface area is 107 Å². The highest BCUT2D eigenvalue weighted by Gasteiger charge is 2.17. The van der Waals surface area contributed by atoms with E-state index in [1.807, 2.05) is 6.92 Å². The minimum Gasteiger partial charge on any atom is -0.496 e. The fourth-order valence-corrected chi connectivity index (χ4v) is 1.91. The summed E-state index contributed by atoms with van der Waals surface area (Å²) in [4.78, 5) is 11.9.